The van der Waals surface area contributed by atoms with Gasteiger partial charge in [-0.25, -0.2) is 0 Å². The maximum Gasteiger partial charge on any atom is 0.305 e. The van der Waals surface area contributed by atoms with E-state index >= 15 is 0 Å². The first-order valence-electron chi connectivity index (χ1n) is 32.7. The minimum Gasteiger partial charge on any atom is -0.494 e. The average Bonchev–Trinajstić information content (AvgIpc) is 1.34. The normalized spacial score (nSPS) is 21.0. The highest BCUT2D eigenvalue weighted by atomic mass is 16.5. The Hall–Kier alpha value is -10.9. The van der Waals surface area contributed by atoms with Crippen molar-refractivity contribution in [1.82, 2.24) is 74.4 Å². The first kappa shape index (κ1) is 81.5. The van der Waals surface area contributed by atoms with Gasteiger partial charge >= 0.3 is 11.9 Å². The zero-order valence-corrected chi connectivity index (χ0v) is 56.3. The molecule has 2 saturated heterocycles. The molecule has 0 radical (unpaired) electrons. The van der Waals surface area contributed by atoms with Crippen molar-refractivity contribution in [2.24, 2.45) is 29.0 Å². The highest BCUT2D eigenvalue weighted by Crippen LogP contribution is 2.18. The Morgan fingerprint density at radius 1 is 0.480 bits per heavy atom. The van der Waals surface area contributed by atoms with Crippen molar-refractivity contribution in [3.63, 3.8) is 0 Å². The van der Waals surface area contributed by atoms with E-state index in [2.05, 4.69) is 74.4 Å². The van der Waals surface area contributed by atoms with Crippen LogP contribution < -0.4 is 101 Å². The zero-order valence-electron chi connectivity index (χ0n) is 56.3. The van der Waals surface area contributed by atoms with Crippen molar-refractivity contribution in [3.8, 4) is 11.5 Å². The van der Waals surface area contributed by atoms with Crippen molar-refractivity contribution >= 4 is 94.7 Å². The second kappa shape index (κ2) is 42.0. The molecule has 2 aliphatic rings. The standard InChI is InChI=1S/C63H95N19O18/c1-33(2)51-60(97)77-40(9-5-21-71-62(65)66)54(91)73-31-47(84)75-44(29-49(86)87)56(93)79-42(58(95)81-51)27-35-11-15-37(16-12-35)99-25-7-23-69-46(83)20-19-39(64)53(90)70-24-8-26-100-38-17-13-36(14-18-38)28-43-59(96)82-52(34(3)4)61(98)78-41(10-6-22-72-63(67)68)55(92)74-32-48(85)76-45(30-50(88)89)57(94)80-43/h11-18,33-34,39-45,51-52H,5-10,19-32,64H2,1-4H3,(H,69,83)(H,70,90)(H,73,91)(H,74,92)(H,75,84)(H,76,85)(H,77,97)(H,78,98)(H,79,93)(H,80,94)(H,81,95)(H,82,96)(H,86,87)(H,88,89)(H4,65,66,71)(H4,67,68,72)/t39-,40-,41-,42+,43+,44-,45-,51-,52-/m0/s1. The summed E-state index contributed by atoms with van der Waals surface area (Å²) in [6.07, 6.45) is -0.843. The van der Waals surface area contributed by atoms with Crippen LogP contribution >= 0.6 is 0 Å². The highest BCUT2D eigenvalue weighted by Gasteiger charge is 2.37. The van der Waals surface area contributed by atoms with E-state index in [4.69, 9.17) is 37.5 Å². The fourth-order valence-corrected chi connectivity index (χ4v) is 10.0. The van der Waals surface area contributed by atoms with E-state index in [9.17, 15) is 77.3 Å². The van der Waals surface area contributed by atoms with E-state index in [1.54, 1.807) is 76.2 Å². The van der Waals surface area contributed by atoms with Crippen molar-refractivity contribution in [3.05, 3.63) is 59.7 Å². The number of guanidine groups is 2. The van der Waals surface area contributed by atoms with Crippen molar-refractivity contribution < 1.29 is 86.8 Å². The third-order valence-electron chi connectivity index (χ3n) is 15.4. The number of amides is 12. The minimum atomic E-state index is -1.67. The molecule has 0 bridgehead atoms. The molecular formula is C63H95N19O18. The number of aliphatic carboxylic acids is 2. The molecule has 37 heteroatoms. The van der Waals surface area contributed by atoms with Crippen LogP contribution in [0.15, 0.2) is 48.5 Å². The molecule has 0 unspecified atom stereocenters. The van der Waals surface area contributed by atoms with Gasteiger partial charge in [0, 0.05) is 45.4 Å². The lowest BCUT2D eigenvalue weighted by Gasteiger charge is -2.27. The lowest BCUT2D eigenvalue weighted by molar-refractivity contribution is -0.141. The summed E-state index contributed by atoms with van der Waals surface area (Å²) >= 11 is 0. The van der Waals surface area contributed by atoms with E-state index in [1.807, 2.05) is 0 Å². The second-order valence-corrected chi connectivity index (χ2v) is 24.4. The quantitative estimate of drug-likeness (QED) is 0.0184. The van der Waals surface area contributed by atoms with E-state index in [0.29, 0.717) is 35.5 Å². The summed E-state index contributed by atoms with van der Waals surface area (Å²) < 4.78 is 11.7. The summed E-state index contributed by atoms with van der Waals surface area (Å²) in [5, 5.41) is 69.5. The van der Waals surface area contributed by atoms with Crippen molar-refractivity contribution in [2.45, 2.75) is 159 Å². The van der Waals surface area contributed by atoms with Crippen LogP contribution in [-0.4, -0.2) is 212 Å². The first-order chi connectivity index (χ1) is 47.4. The van der Waals surface area contributed by atoms with Crippen LogP contribution in [0.2, 0.25) is 0 Å². The molecule has 0 aromatic heterocycles. The number of nitrogens with two attached hydrogens (primary N) is 3. The van der Waals surface area contributed by atoms with Gasteiger partial charge in [0.2, 0.25) is 70.9 Å². The highest BCUT2D eigenvalue weighted by molar-refractivity contribution is 6.00. The summed E-state index contributed by atoms with van der Waals surface area (Å²) in [7, 11) is 0. The Morgan fingerprint density at radius 2 is 0.840 bits per heavy atom. The summed E-state index contributed by atoms with van der Waals surface area (Å²) in [4.78, 5) is 184. The third-order valence-corrected chi connectivity index (χ3v) is 15.4. The number of ether oxygens (including phenoxy) is 2. The van der Waals surface area contributed by atoms with Crippen molar-refractivity contribution in [2.75, 3.05) is 52.5 Å². The van der Waals surface area contributed by atoms with Crippen molar-refractivity contribution in [1.29, 1.82) is 10.8 Å². The topological polar surface area (TPSA) is 592 Å². The third kappa shape index (κ3) is 30.3. The molecular weight excluding hydrogens is 1310 g/mol. The lowest BCUT2D eigenvalue weighted by atomic mass is 9.99. The van der Waals surface area contributed by atoms with Crippen LogP contribution in [0, 0.1) is 22.7 Å². The second-order valence-electron chi connectivity index (χ2n) is 24.4. The zero-order chi connectivity index (χ0) is 74.0. The molecule has 2 aliphatic heterocycles. The number of hydrogen-bond donors (Lipinski definition) is 21. The predicted molar refractivity (Wildman–Crippen MR) is 358 cm³/mol. The molecule has 2 fully saturated rings. The Morgan fingerprint density at radius 3 is 1.21 bits per heavy atom. The Kier molecular flexibility index (Phi) is 34.3. The average molecular weight is 1410 g/mol. The maximum absolute atomic E-state index is 14.0. The molecule has 2 aromatic rings. The molecule has 550 valence electrons. The molecule has 0 spiro atoms. The van der Waals surface area contributed by atoms with Crippen LogP contribution in [0.4, 0.5) is 0 Å². The van der Waals surface area contributed by atoms with E-state index in [1.165, 1.54) is 0 Å². The number of carboxylic acids is 2. The molecule has 2 heterocycles. The van der Waals surface area contributed by atoms with Crippen LogP contribution in [0.1, 0.15) is 103 Å². The van der Waals surface area contributed by atoms with Crippen LogP contribution in [0.3, 0.4) is 0 Å². The lowest BCUT2D eigenvalue weighted by Crippen LogP contribution is -2.59. The monoisotopic (exact) mass is 1410 g/mol. The van der Waals surface area contributed by atoms with Gasteiger partial charge in [0.25, 0.3) is 0 Å². The number of hydrogen-bond acceptors (Lipinski definition) is 19. The van der Waals surface area contributed by atoms with Gasteiger partial charge in [-0.3, -0.25) is 77.9 Å². The van der Waals surface area contributed by atoms with Gasteiger partial charge < -0.3 is 111 Å². The molecule has 37 nitrogen and oxygen atoms in total. The summed E-state index contributed by atoms with van der Waals surface area (Å²) in [5.41, 5.74) is 17.8. The van der Waals surface area contributed by atoms with E-state index in [0.717, 1.165) is 0 Å². The SMILES string of the molecule is CC(C)[C@@H]1NC(=O)[C@@H](Cc2ccc(OCCCNC(=O)CC[C@H](N)C(=O)NCCCOc3ccc(C[C@H]4NC(=O)[C@H](CC(=O)O)NC(=O)CNC(=O)[C@H](CCCNC(=N)N)NC(=O)[C@H](C(C)C)NC4=O)cc3)cc2)NC(=O)[C@H](CC(=O)O)NC(=O)CNC(=O)[C@H](CCCNC(=N)N)NC1=O. The smallest absolute Gasteiger partial charge is 0.305 e. The fraction of sp³-hybridized carbons (Fsp3) is 0.556. The minimum absolute atomic E-state index is 0.0278. The molecule has 9 atom stereocenters. The number of carbonyl (C=O) groups is 14. The number of nitrogens with one attached hydrogen (secondary N) is 16. The van der Waals surface area contributed by atoms with Gasteiger partial charge in [-0.15, -0.1) is 0 Å². The Balaban J connectivity index is 1.24. The van der Waals surface area contributed by atoms with Gasteiger partial charge in [0.1, 0.15) is 59.8 Å². The van der Waals surface area contributed by atoms with Crippen LogP contribution in [-0.2, 0) is 80.0 Å². The summed E-state index contributed by atoms with van der Waals surface area (Å²) in [6.45, 7) is 6.25. The van der Waals surface area contributed by atoms with Gasteiger partial charge in [0.15, 0.2) is 11.9 Å². The molecule has 24 N–H and O–H groups in total. The number of rotatable bonds is 32. The van der Waals surface area contributed by atoms with Crippen LogP contribution in [0.25, 0.3) is 0 Å². The molecule has 0 aliphatic carbocycles. The molecule has 2 aromatic carbocycles. The Labute approximate surface area is 576 Å². The maximum atomic E-state index is 14.0. The fourth-order valence-electron chi connectivity index (χ4n) is 10.0. The van der Waals surface area contributed by atoms with Gasteiger partial charge in [-0.1, -0.05) is 52.0 Å². The van der Waals surface area contributed by atoms with Gasteiger partial charge in [0.05, 0.1) is 45.2 Å². The number of benzene rings is 2. The first-order valence-corrected chi connectivity index (χ1v) is 32.7. The molecule has 100 heavy (non-hydrogen) atoms. The number of carboxylic acid groups (broad SMARTS) is 2. The summed E-state index contributed by atoms with van der Waals surface area (Å²) in [5.74, 6) is -13.2. The molecule has 0 saturated carbocycles. The van der Waals surface area contributed by atoms with E-state index < -0.39 is 169 Å². The van der Waals surface area contributed by atoms with E-state index in [-0.39, 0.29) is 109 Å². The van der Waals surface area contributed by atoms with Gasteiger partial charge in [-0.2, -0.15) is 0 Å². The van der Waals surface area contributed by atoms with Crippen LogP contribution in [0.5, 0.6) is 11.5 Å². The predicted octanol–water partition coefficient (Wildman–Crippen LogP) is -5.72. The molecule has 12 amide bonds. The Bertz CT molecular complexity index is 3210. The largest absolute Gasteiger partial charge is 0.494 e. The molecule has 4 rings (SSSR count). The summed E-state index contributed by atoms with van der Waals surface area (Å²) in [6, 6.07) is 0.776. The number of carbonyl (C=O) groups excluding carboxylic acids is 12. The van der Waals surface area contributed by atoms with Gasteiger partial charge in [-0.05, 0) is 92.2 Å².